The molecule has 2 unspecified atom stereocenters. The minimum Gasteiger partial charge on any atom is -0.390 e. The molecule has 0 amide bonds. The number of ether oxygens (including phenoxy) is 1. The van der Waals surface area contributed by atoms with Crippen molar-refractivity contribution in [2.24, 2.45) is 0 Å². The van der Waals surface area contributed by atoms with E-state index in [1.54, 1.807) is 22.5 Å². The number of aliphatic hydroxyl groups is 1. The van der Waals surface area contributed by atoms with Gasteiger partial charge in [0.15, 0.2) is 0 Å². The minimum atomic E-state index is -5.67. The maximum Gasteiger partial charge on any atom is 0.490 e. The van der Waals surface area contributed by atoms with Gasteiger partial charge in [-0.25, -0.2) is 23.7 Å². The number of hydrogen-bond acceptors (Lipinski definition) is 12. The van der Waals surface area contributed by atoms with E-state index in [0.29, 0.717) is 17.5 Å². The molecular formula is C19H25N4O12P3S. The Morgan fingerprint density at radius 2 is 1.79 bits per heavy atom. The monoisotopic (exact) mass is 626 g/mol. The van der Waals surface area contributed by atoms with Crippen LogP contribution in [0.1, 0.15) is 18.2 Å². The molecule has 0 saturated carbocycles. The number of nitrogen functional groups attached to an aromatic ring is 1. The Bertz CT molecular complexity index is 1450. The summed E-state index contributed by atoms with van der Waals surface area (Å²) < 4.78 is 53.7. The van der Waals surface area contributed by atoms with Gasteiger partial charge in [-0.05, 0) is 24.1 Å². The van der Waals surface area contributed by atoms with Gasteiger partial charge in [-0.1, -0.05) is 18.2 Å². The molecule has 2 aromatic heterocycles. The second-order valence-corrected chi connectivity index (χ2v) is 13.8. The summed E-state index contributed by atoms with van der Waals surface area (Å²) in [7, 11) is -16.6. The fourth-order valence-corrected chi connectivity index (χ4v) is 7.84. The lowest BCUT2D eigenvalue weighted by molar-refractivity contribution is -0.0422. The number of rotatable bonds is 12. The summed E-state index contributed by atoms with van der Waals surface area (Å²) in [5.41, 5.74) is 7.43. The average Bonchev–Trinajstić information content (AvgIpc) is 3.37. The molecule has 5 atom stereocenters. The van der Waals surface area contributed by atoms with Crippen LogP contribution >= 0.6 is 35.2 Å². The topological polar surface area (TPSA) is 246 Å². The van der Waals surface area contributed by atoms with Crippen LogP contribution in [-0.2, 0) is 38.0 Å². The van der Waals surface area contributed by atoms with E-state index in [2.05, 4.69) is 23.1 Å². The van der Waals surface area contributed by atoms with Crippen molar-refractivity contribution in [3.8, 4) is 0 Å². The fourth-order valence-electron chi connectivity index (χ4n) is 3.90. The van der Waals surface area contributed by atoms with E-state index in [0.717, 1.165) is 16.2 Å². The summed E-state index contributed by atoms with van der Waals surface area (Å²) in [4.78, 5) is 45.7. The normalized spacial score (nSPS) is 23.1. The molecule has 7 N–H and O–H groups in total. The first-order valence-electron chi connectivity index (χ1n) is 11.1. The van der Waals surface area contributed by atoms with Crippen LogP contribution in [0, 0.1) is 0 Å². The molecule has 1 aromatic carbocycles. The van der Waals surface area contributed by atoms with E-state index < -0.39 is 48.5 Å². The molecule has 1 aliphatic heterocycles. The largest absolute Gasteiger partial charge is 0.490 e. The van der Waals surface area contributed by atoms with Crippen LogP contribution in [-0.4, -0.2) is 63.8 Å². The summed E-state index contributed by atoms with van der Waals surface area (Å²) in [6.07, 6.45) is 0.534. The number of aliphatic hydroxyl groups excluding tert-OH is 1. The number of hydrogen-bond donors (Lipinski definition) is 6. The quantitative estimate of drug-likeness (QED) is 0.125. The number of fused-ring (bicyclic) bond motifs is 1. The van der Waals surface area contributed by atoms with E-state index in [1.165, 1.54) is 6.33 Å². The number of anilines is 1. The lowest BCUT2D eigenvalue weighted by atomic mass is 10.2. The van der Waals surface area contributed by atoms with E-state index in [4.69, 9.17) is 20.3 Å². The van der Waals surface area contributed by atoms with Crippen LogP contribution in [0.3, 0.4) is 0 Å². The highest BCUT2D eigenvalue weighted by Gasteiger charge is 2.43. The number of nitrogens with zero attached hydrogens (tertiary/aromatic N) is 3. The first-order chi connectivity index (χ1) is 18.2. The van der Waals surface area contributed by atoms with Crippen LogP contribution in [0.2, 0.25) is 0 Å². The Morgan fingerprint density at radius 3 is 2.49 bits per heavy atom. The van der Waals surface area contributed by atoms with Gasteiger partial charge in [0.05, 0.1) is 18.1 Å². The van der Waals surface area contributed by atoms with Crippen LogP contribution in [0.4, 0.5) is 5.82 Å². The summed E-state index contributed by atoms with van der Waals surface area (Å²) in [6.45, 7) is -0.780. The second-order valence-electron chi connectivity index (χ2n) is 8.25. The molecule has 1 fully saturated rings. The smallest absolute Gasteiger partial charge is 0.390 e. The van der Waals surface area contributed by atoms with Crippen molar-refractivity contribution in [3.05, 3.63) is 48.4 Å². The Kier molecular flexibility index (Phi) is 9.36. The molecule has 0 spiro atoms. The van der Waals surface area contributed by atoms with E-state index in [9.17, 15) is 28.6 Å². The standard InChI is InChI=1S/C19H25N4O12P3S/c20-18-17-12(6-7-39-13-4-2-1-3-5-13)9-23(19(17)22-11-21-18)16-8-14(24)15(33-16)10-32-37(28,29)35-38(30,31)34-36(25,26)27/h1-5,9,11,14-16,24H,6-8,10H2,(H,28,29)(H,30,31)(H2,20,21,22)(H2,25,26,27)/t14-,15+,16+/m0/s1. The molecule has 20 heteroatoms. The van der Waals surface area contributed by atoms with Gasteiger partial charge in [0.1, 0.15) is 30.1 Å². The number of nitrogens with two attached hydrogens (primary N) is 1. The number of benzene rings is 1. The van der Waals surface area contributed by atoms with Gasteiger partial charge in [-0.3, -0.25) is 4.52 Å². The van der Waals surface area contributed by atoms with E-state index in [-0.39, 0.29) is 12.2 Å². The van der Waals surface area contributed by atoms with Crippen LogP contribution in [0.25, 0.3) is 11.0 Å². The van der Waals surface area contributed by atoms with Crippen molar-refractivity contribution >= 4 is 52.1 Å². The number of phosphoric acid groups is 3. The molecule has 1 aliphatic rings. The lowest BCUT2D eigenvalue weighted by Crippen LogP contribution is -2.26. The molecule has 1 saturated heterocycles. The first kappa shape index (κ1) is 30.3. The molecule has 39 heavy (non-hydrogen) atoms. The fraction of sp³-hybridized carbons (Fsp3) is 0.368. The highest BCUT2D eigenvalue weighted by atomic mass is 32.2. The van der Waals surface area contributed by atoms with Crippen molar-refractivity contribution in [2.75, 3.05) is 18.1 Å². The zero-order valence-corrected chi connectivity index (χ0v) is 23.4. The summed E-state index contributed by atoms with van der Waals surface area (Å²) >= 11 is 1.66. The van der Waals surface area contributed by atoms with E-state index >= 15 is 0 Å². The summed E-state index contributed by atoms with van der Waals surface area (Å²) in [5.74, 6) is 0.995. The van der Waals surface area contributed by atoms with Crippen LogP contribution in [0.5, 0.6) is 0 Å². The summed E-state index contributed by atoms with van der Waals surface area (Å²) in [6, 6.07) is 9.83. The van der Waals surface area contributed by atoms with Crippen molar-refractivity contribution in [3.63, 3.8) is 0 Å². The highest BCUT2D eigenvalue weighted by molar-refractivity contribution is 7.99. The predicted molar refractivity (Wildman–Crippen MR) is 137 cm³/mol. The van der Waals surface area contributed by atoms with Gasteiger partial charge < -0.3 is 39.7 Å². The van der Waals surface area contributed by atoms with Crippen molar-refractivity contribution in [2.45, 2.75) is 36.2 Å². The highest BCUT2D eigenvalue weighted by Crippen LogP contribution is 2.66. The van der Waals surface area contributed by atoms with Crippen molar-refractivity contribution in [1.82, 2.24) is 14.5 Å². The molecule has 3 aromatic rings. The van der Waals surface area contributed by atoms with Gasteiger partial charge in [-0.15, -0.1) is 11.8 Å². The van der Waals surface area contributed by atoms with Crippen LogP contribution in [0.15, 0.2) is 47.8 Å². The third-order valence-electron chi connectivity index (χ3n) is 5.43. The zero-order chi connectivity index (χ0) is 28.4. The Balaban J connectivity index is 1.44. The molecule has 0 bridgehead atoms. The molecular weight excluding hydrogens is 601 g/mol. The first-order valence-corrected chi connectivity index (χ1v) is 16.6. The number of phosphoric ester groups is 1. The number of aromatic nitrogens is 3. The van der Waals surface area contributed by atoms with Gasteiger partial charge in [0, 0.05) is 23.3 Å². The Labute approximate surface area is 225 Å². The van der Waals surface area contributed by atoms with E-state index in [1.807, 2.05) is 30.3 Å². The van der Waals surface area contributed by atoms with Gasteiger partial charge in [-0.2, -0.15) is 8.62 Å². The van der Waals surface area contributed by atoms with Crippen LogP contribution < -0.4 is 5.73 Å². The Morgan fingerprint density at radius 1 is 1.08 bits per heavy atom. The van der Waals surface area contributed by atoms with Gasteiger partial charge >= 0.3 is 23.5 Å². The van der Waals surface area contributed by atoms with Gasteiger partial charge in [0.2, 0.25) is 0 Å². The third-order valence-corrected chi connectivity index (χ3v) is 10.2. The predicted octanol–water partition coefficient (Wildman–Crippen LogP) is 2.34. The lowest BCUT2D eigenvalue weighted by Gasteiger charge is -2.19. The maximum atomic E-state index is 12.0. The summed E-state index contributed by atoms with van der Waals surface area (Å²) in [5, 5.41) is 11.1. The molecule has 4 rings (SSSR count). The zero-order valence-electron chi connectivity index (χ0n) is 19.9. The van der Waals surface area contributed by atoms with Crippen molar-refractivity contribution < 1.29 is 56.3 Å². The molecule has 3 heterocycles. The minimum absolute atomic E-state index is 0.0241. The van der Waals surface area contributed by atoms with Gasteiger partial charge in [0.25, 0.3) is 0 Å². The molecule has 16 nitrogen and oxygen atoms in total. The molecule has 0 aliphatic carbocycles. The Hall–Kier alpha value is -1.68. The second kappa shape index (κ2) is 12.0. The SMILES string of the molecule is Nc1ncnc2c1c(CCSc1ccccc1)cn2[C@H]1C[C@H](O)[C@@H](COP(=O)(O)OP(=O)(O)OP(=O)(O)O)O1. The molecule has 0 radical (unpaired) electrons. The third kappa shape index (κ3) is 8.18. The van der Waals surface area contributed by atoms with Crippen molar-refractivity contribution in [1.29, 1.82) is 0 Å². The number of thioether (sulfide) groups is 1. The maximum absolute atomic E-state index is 12.0. The average molecular weight is 626 g/mol. The number of aryl methyl sites for hydroxylation is 1. The molecule has 214 valence electrons.